The normalized spacial score (nSPS) is 10.3. The first-order chi connectivity index (χ1) is 9.38. The molecule has 104 valence electrons. The lowest BCUT2D eigenvalue weighted by molar-refractivity contribution is -0.384. The van der Waals surface area contributed by atoms with Crippen molar-refractivity contribution in [3.8, 4) is 0 Å². The first kappa shape index (κ1) is 13.5. The lowest BCUT2D eigenvalue weighted by Crippen LogP contribution is -2.05. The van der Waals surface area contributed by atoms with Gasteiger partial charge in [0.15, 0.2) is 0 Å². The molecule has 1 aromatic heterocycles. The van der Waals surface area contributed by atoms with E-state index in [9.17, 15) is 19.3 Å². The summed E-state index contributed by atoms with van der Waals surface area (Å²) in [5.41, 5.74) is -0.918. The number of carboxylic acid groups (broad SMARTS) is 1. The molecule has 0 bridgehead atoms. The van der Waals surface area contributed by atoms with Crippen molar-refractivity contribution in [2.75, 3.05) is 5.32 Å². The van der Waals surface area contributed by atoms with Gasteiger partial charge < -0.3 is 10.4 Å². The van der Waals surface area contributed by atoms with Crippen molar-refractivity contribution in [2.45, 2.75) is 0 Å². The molecule has 1 aromatic carbocycles. The van der Waals surface area contributed by atoms with E-state index in [1.165, 1.54) is 17.1 Å². The summed E-state index contributed by atoms with van der Waals surface area (Å²) < 4.78 is 14.9. The van der Waals surface area contributed by atoms with Crippen molar-refractivity contribution in [3.63, 3.8) is 0 Å². The van der Waals surface area contributed by atoms with Crippen LogP contribution in [-0.2, 0) is 7.05 Å². The third-order valence-electron chi connectivity index (χ3n) is 2.50. The molecule has 0 saturated heterocycles. The number of carbonyl (C=O) groups is 1. The Kier molecular flexibility index (Phi) is 3.34. The molecular weight excluding hydrogens is 271 g/mol. The second-order valence-electron chi connectivity index (χ2n) is 3.94. The van der Waals surface area contributed by atoms with Crippen LogP contribution in [0.2, 0.25) is 0 Å². The number of nitrogens with one attached hydrogen (secondary N) is 1. The van der Waals surface area contributed by atoms with Gasteiger partial charge in [0.1, 0.15) is 11.5 Å². The molecule has 0 radical (unpaired) electrons. The predicted molar refractivity (Wildman–Crippen MR) is 66.5 cm³/mol. The number of carboxylic acids is 1. The van der Waals surface area contributed by atoms with E-state index in [0.29, 0.717) is 11.8 Å². The number of aromatic carboxylic acids is 1. The van der Waals surface area contributed by atoms with Gasteiger partial charge in [-0.15, -0.1) is 0 Å². The van der Waals surface area contributed by atoms with Gasteiger partial charge in [-0.2, -0.15) is 5.10 Å². The molecule has 2 aromatic rings. The molecule has 0 aliphatic heterocycles. The fraction of sp³-hybridized carbons (Fsp3) is 0.0909. The van der Waals surface area contributed by atoms with Crippen molar-refractivity contribution in [1.82, 2.24) is 9.78 Å². The molecule has 0 saturated carbocycles. The van der Waals surface area contributed by atoms with Crippen LogP contribution in [0, 0.1) is 15.9 Å². The van der Waals surface area contributed by atoms with Gasteiger partial charge >= 0.3 is 5.97 Å². The second kappa shape index (κ2) is 4.96. The second-order valence-corrected chi connectivity index (χ2v) is 3.94. The number of nitro groups is 1. The standard InChI is InChI=1S/C11H9FN4O4/c1-15-5-6(4-13-15)14-9-2-7(11(17)18)8(12)3-10(9)16(19)20/h2-5,14H,1H3,(H,17,18). The minimum absolute atomic E-state index is 0.123. The summed E-state index contributed by atoms with van der Waals surface area (Å²) in [6.45, 7) is 0. The fourth-order valence-electron chi connectivity index (χ4n) is 1.62. The van der Waals surface area contributed by atoms with Crippen LogP contribution in [-0.4, -0.2) is 25.8 Å². The lowest BCUT2D eigenvalue weighted by Gasteiger charge is -2.06. The van der Waals surface area contributed by atoms with Crippen LogP contribution >= 0.6 is 0 Å². The molecule has 2 N–H and O–H groups in total. The van der Waals surface area contributed by atoms with Crippen molar-refractivity contribution < 1.29 is 19.2 Å². The number of hydrogen-bond acceptors (Lipinski definition) is 5. The Labute approximate surface area is 111 Å². The largest absolute Gasteiger partial charge is 0.478 e. The number of nitro benzene ring substituents is 1. The Hall–Kier alpha value is -2.97. The number of nitrogens with zero attached hydrogens (tertiary/aromatic N) is 3. The number of aromatic nitrogens is 2. The summed E-state index contributed by atoms with van der Waals surface area (Å²) >= 11 is 0. The number of halogens is 1. The molecule has 20 heavy (non-hydrogen) atoms. The molecule has 0 aliphatic carbocycles. The molecule has 0 unspecified atom stereocenters. The van der Waals surface area contributed by atoms with E-state index in [0.717, 1.165) is 6.07 Å². The highest BCUT2D eigenvalue weighted by Gasteiger charge is 2.22. The van der Waals surface area contributed by atoms with E-state index in [1.54, 1.807) is 7.05 Å². The quantitative estimate of drug-likeness (QED) is 0.653. The fourth-order valence-corrected chi connectivity index (χ4v) is 1.62. The Bertz CT molecular complexity index is 698. The number of anilines is 2. The van der Waals surface area contributed by atoms with Crippen molar-refractivity contribution in [3.05, 3.63) is 46.0 Å². The maximum Gasteiger partial charge on any atom is 0.338 e. The molecule has 8 nitrogen and oxygen atoms in total. The highest BCUT2D eigenvalue weighted by atomic mass is 19.1. The molecule has 9 heteroatoms. The number of benzene rings is 1. The van der Waals surface area contributed by atoms with E-state index < -0.39 is 28.0 Å². The smallest absolute Gasteiger partial charge is 0.338 e. The van der Waals surface area contributed by atoms with Crippen LogP contribution in [0.3, 0.4) is 0 Å². The molecule has 0 fully saturated rings. The van der Waals surface area contributed by atoms with Crippen LogP contribution in [0.5, 0.6) is 0 Å². The zero-order valence-electron chi connectivity index (χ0n) is 10.2. The summed E-state index contributed by atoms with van der Waals surface area (Å²) in [4.78, 5) is 20.9. The van der Waals surface area contributed by atoms with Crippen molar-refractivity contribution >= 4 is 23.0 Å². The number of aryl methyl sites for hydroxylation is 1. The van der Waals surface area contributed by atoms with Gasteiger partial charge in [0.25, 0.3) is 5.69 Å². The van der Waals surface area contributed by atoms with Gasteiger partial charge in [-0.1, -0.05) is 0 Å². The Morgan fingerprint density at radius 3 is 2.75 bits per heavy atom. The molecule has 1 heterocycles. The van der Waals surface area contributed by atoms with E-state index in [4.69, 9.17) is 5.11 Å². The van der Waals surface area contributed by atoms with Crippen LogP contribution in [0.1, 0.15) is 10.4 Å². The van der Waals surface area contributed by atoms with Crippen LogP contribution in [0.4, 0.5) is 21.5 Å². The topological polar surface area (TPSA) is 110 Å². The third kappa shape index (κ3) is 2.55. The van der Waals surface area contributed by atoms with E-state index >= 15 is 0 Å². The maximum absolute atomic E-state index is 13.5. The van der Waals surface area contributed by atoms with E-state index in [2.05, 4.69) is 10.4 Å². The zero-order chi connectivity index (χ0) is 14.9. The Balaban J connectivity index is 2.50. The van der Waals surface area contributed by atoms with Gasteiger partial charge in [0, 0.05) is 13.2 Å². The minimum atomic E-state index is -1.51. The third-order valence-corrected chi connectivity index (χ3v) is 2.50. The molecular formula is C11H9FN4O4. The van der Waals surface area contributed by atoms with Crippen molar-refractivity contribution in [2.24, 2.45) is 7.05 Å². The van der Waals surface area contributed by atoms with Gasteiger partial charge in [0.05, 0.1) is 28.4 Å². The van der Waals surface area contributed by atoms with Gasteiger partial charge in [-0.3, -0.25) is 14.8 Å². The SMILES string of the molecule is Cn1cc(Nc2cc(C(=O)O)c(F)cc2[N+](=O)[O-])cn1. The van der Waals surface area contributed by atoms with Gasteiger partial charge in [-0.05, 0) is 6.07 Å². The number of hydrogen-bond donors (Lipinski definition) is 2. The van der Waals surface area contributed by atoms with Gasteiger partial charge in [-0.25, -0.2) is 9.18 Å². The van der Waals surface area contributed by atoms with Crippen LogP contribution < -0.4 is 5.32 Å². The highest BCUT2D eigenvalue weighted by molar-refractivity contribution is 5.91. The zero-order valence-corrected chi connectivity index (χ0v) is 10.2. The molecule has 0 atom stereocenters. The molecule has 0 amide bonds. The maximum atomic E-state index is 13.5. The predicted octanol–water partition coefficient (Wildman–Crippen LogP) is 1.91. The summed E-state index contributed by atoms with van der Waals surface area (Å²) in [5, 5.41) is 26.2. The molecule has 0 aliphatic rings. The molecule has 2 rings (SSSR count). The average Bonchev–Trinajstić information content (AvgIpc) is 2.76. The Morgan fingerprint density at radius 1 is 1.55 bits per heavy atom. The van der Waals surface area contributed by atoms with Gasteiger partial charge in [0.2, 0.25) is 0 Å². The van der Waals surface area contributed by atoms with E-state index in [1.807, 2.05) is 0 Å². The number of rotatable bonds is 4. The first-order valence-electron chi connectivity index (χ1n) is 5.35. The van der Waals surface area contributed by atoms with Crippen LogP contribution in [0.25, 0.3) is 0 Å². The first-order valence-corrected chi connectivity index (χ1v) is 5.35. The highest BCUT2D eigenvalue weighted by Crippen LogP contribution is 2.30. The summed E-state index contributed by atoms with van der Waals surface area (Å²) in [6, 6.07) is 1.45. The minimum Gasteiger partial charge on any atom is -0.478 e. The van der Waals surface area contributed by atoms with Crippen molar-refractivity contribution in [1.29, 1.82) is 0 Å². The van der Waals surface area contributed by atoms with Crippen LogP contribution in [0.15, 0.2) is 24.5 Å². The lowest BCUT2D eigenvalue weighted by atomic mass is 10.1. The summed E-state index contributed by atoms with van der Waals surface area (Å²) in [6.07, 6.45) is 2.93. The monoisotopic (exact) mass is 280 g/mol. The molecule has 0 spiro atoms. The van der Waals surface area contributed by atoms with E-state index in [-0.39, 0.29) is 5.69 Å². The average molecular weight is 280 g/mol. The Morgan fingerprint density at radius 2 is 2.25 bits per heavy atom. The summed E-state index contributed by atoms with van der Waals surface area (Å²) in [5.74, 6) is -2.67. The summed E-state index contributed by atoms with van der Waals surface area (Å²) in [7, 11) is 1.65.